The highest BCUT2D eigenvalue weighted by atomic mass is 16.5. The van der Waals surface area contributed by atoms with Gasteiger partial charge in [-0.2, -0.15) is 29.9 Å². The minimum atomic E-state index is 0.393. The van der Waals surface area contributed by atoms with E-state index in [0.717, 1.165) is 106 Å². The van der Waals surface area contributed by atoms with E-state index in [1.807, 2.05) is 226 Å². The molecule has 18 rings (SSSR count). The number of pyridine rings is 6. The summed E-state index contributed by atoms with van der Waals surface area (Å²) in [5.74, 6) is 12.6. The Labute approximate surface area is 747 Å². The summed E-state index contributed by atoms with van der Waals surface area (Å²) >= 11 is 0. The summed E-state index contributed by atoms with van der Waals surface area (Å²) in [5, 5.41) is 24.0. The van der Waals surface area contributed by atoms with Crippen LogP contribution in [0.3, 0.4) is 0 Å². The van der Waals surface area contributed by atoms with E-state index >= 15 is 0 Å². The molecule has 34 heteroatoms. The molecule has 18 aromatic rings. The molecule has 0 aliphatic rings. The molecule has 0 amide bonds. The molecule has 0 unspecified atom stereocenters. The monoisotopic (exact) mass is 1750 g/mol. The number of nitrogen functional groups attached to an aromatic ring is 1. The lowest BCUT2D eigenvalue weighted by Gasteiger charge is -2.11. The van der Waals surface area contributed by atoms with Crippen molar-refractivity contribution in [3.63, 3.8) is 0 Å². The van der Waals surface area contributed by atoms with Gasteiger partial charge < -0.3 is 75.5 Å². The summed E-state index contributed by atoms with van der Waals surface area (Å²) in [7, 11) is 4.84. The molecular weight excluding hydrogens is 1660 g/mol. The maximum Gasteiger partial charge on any atom is 0.258 e. The maximum atomic E-state index is 5.68. The Bertz CT molecular complexity index is 6590. The summed E-state index contributed by atoms with van der Waals surface area (Å²) in [6.45, 7) is 21.1. The number of nitrogens with two attached hydrogens (primary N) is 1. The summed E-state index contributed by atoms with van der Waals surface area (Å²) in [5.41, 5.74) is 18.7. The van der Waals surface area contributed by atoms with Gasteiger partial charge in [-0.1, -0.05) is 55.2 Å². The number of benzene rings is 6. The van der Waals surface area contributed by atoms with E-state index in [1.54, 1.807) is 108 Å². The largest absolute Gasteiger partial charge is 0.496 e. The Morgan fingerprint density at radius 1 is 0.254 bits per heavy atom. The highest BCUT2D eigenvalue weighted by Crippen LogP contribution is 2.38. The summed E-state index contributed by atoms with van der Waals surface area (Å²) in [4.78, 5) is 50.4. The molecule has 0 fully saturated rings. The number of aryl methyl sites for hydroxylation is 3. The van der Waals surface area contributed by atoms with Gasteiger partial charge in [0.25, 0.3) is 35.3 Å². The van der Waals surface area contributed by atoms with Gasteiger partial charge >= 0.3 is 0 Å². The second-order valence-corrected chi connectivity index (χ2v) is 27.3. The van der Waals surface area contributed by atoms with Crippen LogP contribution in [0.25, 0.3) is 137 Å². The zero-order valence-electron chi connectivity index (χ0n) is 73.2. The van der Waals surface area contributed by atoms with Gasteiger partial charge in [-0.15, -0.1) is 0 Å². The van der Waals surface area contributed by atoms with Gasteiger partial charge in [0.2, 0.25) is 40.8 Å². The average molecular weight is 1750 g/mol. The van der Waals surface area contributed by atoms with Crippen LogP contribution >= 0.6 is 0 Å². The van der Waals surface area contributed by atoms with Crippen molar-refractivity contribution in [3.8, 4) is 189 Å². The van der Waals surface area contributed by atoms with E-state index in [-0.39, 0.29) is 0 Å². The van der Waals surface area contributed by atoms with Crippen molar-refractivity contribution in [1.82, 2.24) is 90.7 Å². The molecule has 12 aromatic heterocycles. The number of aromatic nitrogens is 18. The van der Waals surface area contributed by atoms with Gasteiger partial charge in [-0.3, -0.25) is 19.9 Å². The van der Waals surface area contributed by atoms with Gasteiger partial charge in [-0.25, -0.2) is 9.97 Å². The van der Waals surface area contributed by atoms with Crippen LogP contribution in [0.2, 0.25) is 0 Å². The normalized spacial score (nSPS) is 10.5. The summed E-state index contributed by atoms with van der Waals surface area (Å²) in [6, 6.07) is 57.7. The Morgan fingerprint density at radius 2 is 0.577 bits per heavy atom. The Morgan fingerprint density at radius 3 is 0.977 bits per heavy atom. The van der Waals surface area contributed by atoms with Crippen LogP contribution in [0.5, 0.6) is 51.9 Å². The first kappa shape index (κ1) is 90.8. The summed E-state index contributed by atoms with van der Waals surface area (Å²) in [6.07, 6.45) is 16.8. The van der Waals surface area contributed by atoms with E-state index in [4.69, 9.17) is 75.5 Å². The summed E-state index contributed by atoms with van der Waals surface area (Å²) < 4.78 is 81.0. The lowest BCUT2D eigenvalue weighted by Crippen LogP contribution is -1.98. The van der Waals surface area contributed by atoms with Crippen LogP contribution in [0.1, 0.15) is 58.2 Å². The fraction of sp³-hybridized carbons (Fsp3) is 0.188. The van der Waals surface area contributed by atoms with E-state index in [1.165, 1.54) is 0 Å². The van der Waals surface area contributed by atoms with Crippen LogP contribution in [0.4, 0.5) is 5.82 Å². The molecular formula is C96H91N19O15. The maximum absolute atomic E-state index is 5.68. The molecule has 0 aliphatic heterocycles. The highest BCUT2D eigenvalue weighted by Gasteiger charge is 2.21. The average Bonchev–Trinajstić information content (AvgIpc) is 1.85. The molecule has 34 nitrogen and oxygen atoms in total. The quantitative estimate of drug-likeness (QED) is 0.0499. The topological polar surface area (TPSA) is 420 Å². The van der Waals surface area contributed by atoms with Crippen molar-refractivity contribution in [3.05, 3.63) is 267 Å². The van der Waals surface area contributed by atoms with Crippen LogP contribution in [-0.4, -0.2) is 152 Å². The fourth-order valence-electron chi connectivity index (χ4n) is 12.3. The first-order chi connectivity index (χ1) is 63.6. The highest BCUT2D eigenvalue weighted by molar-refractivity contribution is 5.69. The molecule has 0 saturated heterocycles. The van der Waals surface area contributed by atoms with Crippen molar-refractivity contribution >= 4 is 5.82 Å². The molecule has 0 spiro atoms. The Hall–Kier alpha value is -16.9. The van der Waals surface area contributed by atoms with Crippen LogP contribution in [0.15, 0.2) is 277 Å². The second-order valence-electron chi connectivity index (χ2n) is 27.3. The van der Waals surface area contributed by atoms with E-state index in [9.17, 15) is 0 Å². The van der Waals surface area contributed by atoms with E-state index in [2.05, 4.69) is 90.7 Å². The fourth-order valence-corrected chi connectivity index (χ4v) is 12.3. The third kappa shape index (κ3) is 24.1. The number of nitrogens with zero attached hydrogens (tertiary/aromatic N) is 18. The van der Waals surface area contributed by atoms with Gasteiger partial charge in [0, 0.05) is 135 Å². The smallest absolute Gasteiger partial charge is 0.258 e. The Balaban J connectivity index is 0.000000133. The van der Waals surface area contributed by atoms with Crippen molar-refractivity contribution in [2.24, 2.45) is 0 Å². The van der Waals surface area contributed by atoms with Crippen LogP contribution in [0, 0.1) is 20.8 Å². The molecule has 0 saturated carbocycles. The molecule has 0 aliphatic carbocycles. The second kappa shape index (κ2) is 45.6. The minimum Gasteiger partial charge on any atom is -0.496 e. The molecule has 2 N–H and O–H groups in total. The number of hydrogen-bond acceptors (Lipinski definition) is 34. The first-order valence-corrected chi connectivity index (χ1v) is 41.1. The SMILES string of the molecule is CCOc1ccc(-c2nc(-c3ccnc(N)c3)no2)cc1OCC.CCOc1ccc(-c2nc(-c3ccncc3)no2)c(C)c1.CCOc1ccc(-c2nc(-c3ccncc3)no2)cc1OCC.CCOc1cccc(-c2nc(-c3ccncc3)no2)c1.COc1cc(-c2nc(-c3ccc(C)c(OC)c3)no2)ccn1.COc1cc(-c2nc(-c3ccncc3)no2)ccc1C. The lowest BCUT2D eigenvalue weighted by atomic mass is 10.1. The van der Waals surface area contributed by atoms with Crippen molar-refractivity contribution < 1.29 is 69.8 Å². The molecule has 660 valence electrons. The van der Waals surface area contributed by atoms with Crippen LogP contribution < -0.4 is 48.4 Å². The van der Waals surface area contributed by atoms with E-state index in [0.29, 0.717) is 145 Å². The van der Waals surface area contributed by atoms with Gasteiger partial charge in [-0.05, 0) is 237 Å². The van der Waals surface area contributed by atoms with Gasteiger partial charge in [0.15, 0.2) is 23.0 Å². The third-order valence-electron chi connectivity index (χ3n) is 18.6. The van der Waals surface area contributed by atoms with E-state index < -0.39 is 0 Å². The number of hydrogen-bond donors (Lipinski definition) is 1. The standard InChI is InChI=1S/C17H18N4O3.C17H17N3O3.C16H15N3O3.C16H15N3O2.2C15H13N3O2/c1-3-22-13-6-5-12(9-14(13)23-4-2)17-20-16(21-24-17)11-7-8-19-15(18)10-11;1-3-21-14-6-5-13(11-15(14)22-4-2)17-19-16(20-23-17)12-7-9-18-10-8-12;1-10-4-5-11(8-13(10)20-2)15-18-16(22-19-15)12-6-7-17-14(9-12)21-3;1-3-20-13-4-5-14(11(2)10-13)16-18-15(19-21-16)12-6-8-17-9-7-12;1-10-3-4-12(9-13(10)19-2)15-17-14(18-20-15)11-5-7-16-8-6-11;1-2-19-13-5-3-4-12(10-13)15-17-14(18-20-15)11-6-8-16-9-7-11/h5-10H,3-4H2,1-2H3,(H2,18,19);5-11H,3-4H2,1-2H3;4-9H,1-3H3;4-10H,3H2,1-2H3;3-9H,1-2H3;3-10H,2H2,1H3. The number of anilines is 1. The minimum absolute atomic E-state index is 0.393. The zero-order valence-corrected chi connectivity index (χ0v) is 73.2. The lowest BCUT2D eigenvalue weighted by molar-refractivity contribution is 0.288. The molecule has 0 radical (unpaired) electrons. The van der Waals surface area contributed by atoms with Gasteiger partial charge in [0.05, 0.1) is 61.0 Å². The molecule has 0 atom stereocenters. The molecule has 130 heavy (non-hydrogen) atoms. The van der Waals surface area contributed by atoms with Crippen molar-refractivity contribution in [2.75, 3.05) is 66.7 Å². The zero-order chi connectivity index (χ0) is 90.9. The Kier molecular flexibility index (Phi) is 31.9. The predicted molar refractivity (Wildman–Crippen MR) is 483 cm³/mol. The molecule has 0 bridgehead atoms. The van der Waals surface area contributed by atoms with Crippen LogP contribution in [-0.2, 0) is 0 Å². The number of methoxy groups -OCH3 is 3. The number of ether oxygens (including phenoxy) is 9. The van der Waals surface area contributed by atoms with Crippen molar-refractivity contribution in [2.45, 2.75) is 62.3 Å². The first-order valence-electron chi connectivity index (χ1n) is 41.1. The third-order valence-corrected chi connectivity index (χ3v) is 18.6. The van der Waals surface area contributed by atoms with Crippen molar-refractivity contribution in [1.29, 1.82) is 0 Å². The molecule has 12 heterocycles. The predicted octanol–water partition coefficient (Wildman–Crippen LogP) is 19.7. The van der Waals surface area contributed by atoms with Gasteiger partial charge in [0.1, 0.15) is 28.8 Å². The number of rotatable bonds is 27. The molecule has 6 aromatic carbocycles.